The number of ether oxygens (including phenoxy) is 1. The molecular weight excluding hydrogens is 296 g/mol. The summed E-state index contributed by atoms with van der Waals surface area (Å²) < 4.78 is 6.55. The van der Waals surface area contributed by atoms with E-state index in [9.17, 15) is 4.79 Å². The quantitative estimate of drug-likeness (QED) is 0.509. The van der Waals surface area contributed by atoms with Crippen LogP contribution in [0.15, 0.2) is 4.47 Å². The van der Waals surface area contributed by atoms with Crippen molar-refractivity contribution in [2.75, 3.05) is 7.11 Å². The highest BCUT2D eigenvalue weighted by Gasteiger charge is 2.17. The maximum atomic E-state index is 11.2. The minimum absolute atomic E-state index is 0.175. The zero-order valence-corrected chi connectivity index (χ0v) is 12.8. The third-order valence-electron chi connectivity index (χ3n) is 3.26. The molecule has 0 aliphatic heterocycles. The molecule has 5 heteroatoms. The van der Waals surface area contributed by atoms with E-state index in [1.54, 1.807) is 7.11 Å². The lowest BCUT2D eigenvalue weighted by Crippen LogP contribution is -2.30. The number of hydrazine groups is 1. The van der Waals surface area contributed by atoms with Crippen LogP contribution in [-0.4, -0.2) is 13.0 Å². The first-order chi connectivity index (χ1) is 8.43. The van der Waals surface area contributed by atoms with E-state index in [-0.39, 0.29) is 5.91 Å². The third-order valence-corrected chi connectivity index (χ3v) is 4.44. The minimum Gasteiger partial charge on any atom is -0.496 e. The van der Waals surface area contributed by atoms with Crippen molar-refractivity contribution in [2.45, 2.75) is 33.6 Å². The highest BCUT2D eigenvalue weighted by molar-refractivity contribution is 9.10. The van der Waals surface area contributed by atoms with Gasteiger partial charge in [0.05, 0.1) is 7.11 Å². The number of carbonyl (C=O) groups is 1. The number of halogens is 1. The Hall–Kier alpha value is -1.07. The second kappa shape index (κ2) is 6.20. The van der Waals surface area contributed by atoms with Crippen LogP contribution in [0.5, 0.6) is 5.75 Å². The molecule has 0 spiro atoms. The fourth-order valence-corrected chi connectivity index (χ4v) is 2.57. The molecule has 0 atom stereocenters. The van der Waals surface area contributed by atoms with E-state index in [1.165, 1.54) is 0 Å². The van der Waals surface area contributed by atoms with E-state index >= 15 is 0 Å². The lowest BCUT2D eigenvalue weighted by Gasteiger charge is -2.18. The molecule has 1 aromatic carbocycles. The van der Waals surface area contributed by atoms with Crippen molar-refractivity contribution in [2.24, 2.45) is 5.84 Å². The van der Waals surface area contributed by atoms with Gasteiger partial charge in [0.2, 0.25) is 5.91 Å². The van der Waals surface area contributed by atoms with E-state index in [0.29, 0.717) is 12.8 Å². The Labute approximate surface area is 116 Å². The number of amides is 1. The predicted octanol–water partition coefficient (Wildman–Crippen LogP) is 2.31. The first-order valence-electron chi connectivity index (χ1n) is 5.75. The van der Waals surface area contributed by atoms with Crippen LogP contribution in [0.3, 0.4) is 0 Å². The zero-order valence-electron chi connectivity index (χ0n) is 11.2. The van der Waals surface area contributed by atoms with Crippen LogP contribution in [0, 0.1) is 20.8 Å². The first-order valence-corrected chi connectivity index (χ1v) is 6.54. The van der Waals surface area contributed by atoms with Crippen LogP contribution < -0.4 is 16.0 Å². The average Bonchev–Trinajstić information content (AvgIpc) is 2.38. The Bertz CT molecular complexity index is 473. The number of hydrogen-bond acceptors (Lipinski definition) is 3. The minimum atomic E-state index is -0.175. The zero-order chi connectivity index (χ0) is 13.9. The van der Waals surface area contributed by atoms with Gasteiger partial charge in [0.25, 0.3) is 0 Å². The summed E-state index contributed by atoms with van der Waals surface area (Å²) in [5, 5.41) is 0. The largest absolute Gasteiger partial charge is 0.496 e. The SMILES string of the molecule is COc1c(C)c(C)c(Br)c(C)c1CCC(=O)NN. The van der Waals surface area contributed by atoms with Gasteiger partial charge in [0.1, 0.15) is 5.75 Å². The van der Waals surface area contributed by atoms with Gasteiger partial charge in [0, 0.05) is 10.9 Å². The van der Waals surface area contributed by atoms with Gasteiger partial charge in [-0.25, -0.2) is 5.84 Å². The summed E-state index contributed by atoms with van der Waals surface area (Å²) in [7, 11) is 1.65. The Morgan fingerprint density at radius 2 is 1.89 bits per heavy atom. The molecule has 0 bridgehead atoms. The molecule has 1 aromatic rings. The normalized spacial score (nSPS) is 10.3. The number of nitrogens with one attached hydrogen (secondary N) is 1. The van der Waals surface area contributed by atoms with Crippen molar-refractivity contribution in [3.8, 4) is 5.75 Å². The summed E-state index contributed by atoms with van der Waals surface area (Å²) in [4.78, 5) is 11.2. The van der Waals surface area contributed by atoms with Crippen LogP contribution in [-0.2, 0) is 11.2 Å². The molecule has 100 valence electrons. The molecule has 0 aliphatic rings. The molecule has 0 radical (unpaired) electrons. The van der Waals surface area contributed by atoms with E-state index in [4.69, 9.17) is 10.6 Å². The maximum Gasteiger partial charge on any atom is 0.234 e. The molecule has 0 aromatic heterocycles. The Morgan fingerprint density at radius 3 is 2.39 bits per heavy atom. The summed E-state index contributed by atoms with van der Waals surface area (Å²) >= 11 is 3.59. The Kier molecular flexibility index (Phi) is 5.16. The molecule has 4 nitrogen and oxygen atoms in total. The summed E-state index contributed by atoms with van der Waals surface area (Å²) in [6.07, 6.45) is 0.959. The van der Waals surface area contributed by atoms with Gasteiger partial charge in [-0.2, -0.15) is 0 Å². The highest BCUT2D eigenvalue weighted by Crippen LogP contribution is 2.36. The van der Waals surface area contributed by atoms with Crippen LogP contribution in [0.2, 0.25) is 0 Å². The fourth-order valence-electron chi connectivity index (χ4n) is 2.03. The maximum absolute atomic E-state index is 11.2. The van der Waals surface area contributed by atoms with Gasteiger partial charge in [-0.1, -0.05) is 15.9 Å². The molecule has 0 heterocycles. The van der Waals surface area contributed by atoms with E-state index < -0.39 is 0 Å². The van der Waals surface area contributed by atoms with Crippen LogP contribution in [0.4, 0.5) is 0 Å². The van der Waals surface area contributed by atoms with Crippen LogP contribution in [0.25, 0.3) is 0 Å². The van der Waals surface area contributed by atoms with Crippen LogP contribution >= 0.6 is 15.9 Å². The highest BCUT2D eigenvalue weighted by atomic mass is 79.9. The van der Waals surface area contributed by atoms with E-state index in [2.05, 4.69) is 21.4 Å². The van der Waals surface area contributed by atoms with Crippen molar-refractivity contribution in [1.29, 1.82) is 0 Å². The van der Waals surface area contributed by atoms with Crippen molar-refractivity contribution in [3.63, 3.8) is 0 Å². The summed E-state index contributed by atoms with van der Waals surface area (Å²) in [6, 6.07) is 0. The van der Waals surface area contributed by atoms with Gasteiger partial charge >= 0.3 is 0 Å². The summed E-state index contributed by atoms with van der Waals surface area (Å²) in [5.74, 6) is 5.77. The van der Waals surface area contributed by atoms with Gasteiger partial charge in [0.15, 0.2) is 0 Å². The number of methoxy groups -OCH3 is 1. The molecule has 0 saturated heterocycles. The first kappa shape index (κ1) is 15.0. The van der Waals surface area contributed by atoms with Crippen molar-refractivity contribution in [1.82, 2.24) is 5.43 Å². The molecule has 0 aliphatic carbocycles. The molecule has 3 N–H and O–H groups in total. The molecule has 0 fully saturated rings. The summed E-state index contributed by atoms with van der Waals surface area (Å²) in [6.45, 7) is 6.09. The lowest BCUT2D eigenvalue weighted by atomic mass is 9.96. The molecule has 18 heavy (non-hydrogen) atoms. The molecule has 0 saturated carbocycles. The van der Waals surface area contributed by atoms with Crippen molar-refractivity contribution in [3.05, 3.63) is 26.7 Å². The van der Waals surface area contributed by atoms with Gasteiger partial charge in [-0.15, -0.1) is 0 Å². The van der Waals surface area contributed by atoms with Gasteiger partial charge in [-0.05, 0) is 49.4 Å². The molecular formula is C13H19BrN2O2. The smallest absolute Gasteiger partial charge is 0.234 e. The lowest BCUT2D eigenvalue weighted by molar-refractivity contribution is -0.121. The number of rotatable bonds is 4. The fraction of sp³-hybridized carbons (Fsp3) is 0.462. The average molecular weight is 315 g/mol. The monoisotopic (exact) mass is 314 g/mol. The van der Waals surface area contributed by atoms with Crippen molar-refractivity contribution >= 4 is 21.8 Å². The topological polar surface area (TPSA) is 64.3 Å². The Morgan fingerprint density at radius 1 is 1.28 bits per heavy atom. The standard InChI is InChI=1S/C13H19BrN2O2/c1-7-8(2)13(18-4)10(9(3)12(7)14)5-6-11(17)16-15/h5-6,15H2,1-4H3,(H,16,17). The number of nitrogens with two attached hydrogens (primary N) is 1. The van der Waals surface area contributed by atoms with Crippen LogP contribution in [0.1, 0.15) is 28.7 Å². The number of carbonyl (C=O) groups excluding carboxylic acids is 1. The van der Waals surface area contributed by atoms with Crippen molar-refractivity contribution < 1.29 is 9.53 Å². The Balaban J connectivity index is 3.20. The van der Waals surface area contributed by atoms with E-state index in [0.717, 1.165) is 32.5 Å². The van der Waals surface area contributed by atoms with E-state index in [1.807, 2.05) is 20.8 Å². The molecule has 1 amide bonds. The number of benzene rings is 1. The third kappa shape index (κ3) is 2.84. The number of hydrogen-bond donors (Lipinski definition) is 2. The second-order valence-electron chi connectivity index (χ2n) is 4.27. The van der Waals surface area contributed by atoms with Gasteiger partial charge < -0.3 is 4.74 Å². The molecule has 0 unspecified atom stereocenters. The molecule has 1 rings (SSSR count). The second-order valence-corrected chi connectivity index (χ2v) is 5.06. The summed E-state index contributed by atoms with van der Waals surface area (Å²) in [5.41, 5.74) is 6.56. The van der Waals surface area contributed by atoms with Gasteiger partial charge in [-0.3, -0.25) is 10.2 Å². The predicted molar refractivity (Wildman–Crippen MR) is 75.6 cm³/mol.